The fourth-order valence-electron chi connectivity index (χ4n) is 1.55. The minimum absolute atomic E-state index is 0.0730. The van der Waals surface area contributed by atoms with E-state index in [-0.39, 0.29) is 11.9 Å². The minimum atomic E-state index is -0.656. The van der Waals surface area contributed by atoms with E-state index in [2.05, 4.69) is 0 Å². The molecule has 0 fully saturated rings. The second kappa shape index (κ2) is 12.9. The third-order valence-corrected chi connectivity index (χ3v) is 2.63. The van der Waals surface area contributed by atoms with Crippen molar-refractivity contribution >= 4 is 11.9 Å². The van der Waals surface area contributed by atoms with E-state index in [1.54, 1.807) is 0 Å². The van der Waals surface area contributed by atoms with Crippen LogP contribution in [-0.4, -0.2) is 23.7 Å². The predicted octanol–water partition coefficient (Wildman–Crippen LogP) is 4.13. The van der Waals surface area contributed by atoms with Crippen molar-refractivity contribution < 1.29 is 19.4 Å². The molecule has 0 radical (unpaired) electrons. The molecule has 0 aliphatic heterocycles. The van der Waals surface area contributed by atoms with Crippen molar-refractivity contribution in [2.24, 2.45) is 17.8 Å². The zero-order chi connectivity index (χ0) is 16.1. The van der Waals surface area contributed by atoms with Crippen molar-refractivity contribution in [3.63, 3.8) is 0 Å². The average molecular weight is 288 g/mol. The van der Waals surface area contributed by atoms with Crippen LogP contribution in [0.15, 0.2) is 0 Å². The normalized spacial score (nSPS) is 11.8. The highest BCUT2D eigenvalue weighted by Crippen LogP contribution is 2.14. The molecule has 0 saturated heterocycles. The lowest BCUT2D eigenvalue weighted by Gasteiger charge is -2.11. The molecule has 0 bridgehead atoms. The zero-order valence-electron chi connectivity index (χ0n) is 13.9. The molecule has 4 heteroatoms. The molecule has 0 rings (SSSR count). The molecule has 0 spiro atoms. The largest absolute Gasteiger partial charge is 0.481 e. The Morgan fingerprint density at radius 1 is 1.05 bits per heavy atom. The standard InChI is InChI=1S/2C8H16O2/c1-4-7(8(9)10)5-6(2)3;1-4-5-8(9)10-6-7(2)3/h6-7H,4-5H2,1-3H3,(H,9,10);7H,4-6H2,1-3H3. The Labute approximate surface area is 123 Å². The molecule has 0 aliphatic rings. The van der Waals surface area contributed by atoms with Crippen LogP contribution < -0.4 is 0 Å². The van der Waals surface area contributed by atoms with E-state index in [0.29, 0.717) is 24.9 Å². The summed E-state index contributed by atoms with van der Waals surface area (Å²) in [5, 5.41) is 8.62. The fourth-order valence-corrected chi connectivity index (χ4v) is 1.55. The topological polar surface area (TPSA) is 63.6 Å². The third kappa shape index (κ3) is 15.0. The Morgan fingerprint density at radius 3 is 1.85 bits per heavy atom. The summed E-state index contributed by atoms with van der Waals surface area (Å²) >= 11 is 0. The van der Waals surface area contributed by atoms with Crippen LogP contribution in [0.3, 0.4) is 0 Å². The number of carboxylic acids is 1. The molecule has 4 nitrogen and oxygen atoms in total. The second-order valence-electron chi connectivity index (χ2n) is 5.90. The van der Waals surface area contributed by atoms with Crippen molar-refractivity contribution in [1.82, 2.24) is 0 Å². The molecule has 1 atom stereocenters. The number of ether oxygens (including phenoxy) is 1. The number of hydrogen-bond acceptors (Lipinski definition) is 3. The first kappa shape index (κ1) is 21.2. The number of carbonyl (C=O) groups excluding carboxylic acids is 1. The molecule has 20 heavy (non-hydrogen) atoms. The van der Waals surface area contributed by atoms with Crippen molar-refractivity contribution in [1.29, 1.82) is 0 Å². The van der Waals surface area contributed by atoms with Gasteiger partial charge in [0.25, 0.3) is 0 Å². The maximum absolute atomic E-state index is 10.7. The SMILES string of the molecule is CCC(CC(C)C)C(=O)O.CCCC(=O)OCC(C)C. The third-order valence-electron chi connectivity index (χ3n) is 2.63. The monoisotopic (exact) mass is 288 g/mol. The van der Waals surface area contributed by atoms with Gasteiger partial charge in [-0.2, -0.15) is 0 Å². The lowest BCUT2D eigenvalue weighted by atomic mass is 9.95. The van der Waals surface area contributed by atoms with Gasteiger partial charge in [-0.1, -0.05) is 41.5 Å². The maximum Gasteiger partial charge on any atom is 0.306 e. The van der Waals surface area contributed by atoms with E-state index in [1.165, 1.54) is 0 Å². The van der Waals surface area contributed by atoms with Gasteiger partial charge in [-0.3, -0.25) is 9.59 Å². The molecule has 0 saturated carbocycles. The van der Waals surface area contributed by atoms with Crippen LogP contribution in [0.4, 0.5) is 0 Å². The van der Waals surface area contributed by atoms with Crippen LogP contribution in [0.2, 0.25) is 0 Å². The van der Waals surface area contributed by atoms with E-state index < -0.39 is 5.97 Å². The summed E-state index contributed by atoms with van der Waals surface area (Å²) in [7, 11) is 0. The molecule has 0 aromatic carbocycles. The van der Waals surface area contributed by atoms with Gasteiger partial charge in [0.05, 0.1) is 12.5 Å². The average Bonchev–Trinajstić information content (AvgIpc) is 2.34. The molecule has 1 N–H and O–H groups in total. The highest BCUT2D eigenvalue weighted by molar-refractivity contribution is 5.69. The van der Waals surface area contributed by atoms with Gasteiger partial charge in [0.1, 0.15) is 0 Å². The number of aliphatic carboxylic acids is 1. The van der Waals surface area contributed by atoms with Crippen molar-refractivity contribution in [3.05, 3.63) is 0 Å². The quantitative estimate of drug-likeness (QED) is 0.682. The van der Waals surface area contributed by atoms with Gasteiger partial charge >= 0.3 is 11.9 Å². The number of carbonyl (C=O) groups is 2. The Balaban J connectivity index is 0. The predicted molar refractivity (Wildman–Crippen MR) is 81.6 cm³/mol. The van der Waals surface area contributed by atoms with Crippen LogP contribution in [-0.2, 0) is 14.3 Å². The van der Waals surface area contributed by atoms with Gasteiger partial charge < -0.3 is 9.84 Å². The minimum Gasteiger partial charge on any atom is -0.481 e. The van der Waals surface area contributed by atoms with Crippen molar-refractivity contribution in [2.45, 2.75) is 67.2 Å². The smallest absolute Gasteiger partial charge is 0.306 e. The summed E-state index contributed by atoms with van der Waals surface area (Å²) in [4.78, 5) is 21.2. The molecule has 1 unspecified atom stereocenters. The Bertz CT molecular complexity index is 257. The van der Waals surface area contributed by atoms with E-state index in [0.717, 1.165) is 19.3 Å². The van der Waals surface area contributed by atoms with Gasteiger partial charge in [0.15, 0.2) is 0 Å². The van der Waals surface area contributed by atoms with Gasteiger partial charge in [-0.05, 0) is 31.1 Å². The number of hydrogen-bond donors (Lipinski definition) is 1. The maximum atomic E-state index is 10.7. The molecule has 0 aromatic rings. The van der Waals surface area contributed by atoms with Crippen LogP contribution in [0.25, 0.3) is 0 Å². The summed E-state index contributed by atoms with van der Waals surface area (Å²) in [5.41, 5.74) is 0. The molecule has 0 aromatic heterocycles. The zero-order valence-corrected chi connectivity index (χ0v) is 13.9. The van der Waals surface area contributed by atoms with Crippen LogP contribution in [0.1, 0.15) is 67.2 Å². The summed E-state index contributed by atoms with van der Waals surface area (Å²) in [6.45, 7) is 12.6. The molecule has 0 aliphatic carbocycles. The Morgan fingerprint density at radius 2 is 1.60 bits per heavy atom. The van der Waals surface area contributed by atoms with E-state index in [1.807, 2.05) is 41.5 Å². The van der Waals surface area contributed by atoms with Gasteiger partial charge in [0.2, 0.25) is 0 Å². The first-order valence-electron chi connectivity index (χ1n) is 7.62. The molecular formula is C16H32O4. The summed E-state index contributed by atoms with van der Waals surface area (Å²) in [6, 6.07) is 0. The second-order valence-corrected chi connectivity index (χ2v) is 5.90. The molecule has 0 heterocycles. The highest BCUT2D eigenvalue weighted by Gasteiger charge is 2.15. The van der Waals surface area contributed by atoms with Crippen molar-refractivity contribution in [3.8, 4) is 0 Å². The van der Waals surface area contributed by atoms with Crippen molar-refractivity contribution in [2.75, 3.05) is 6.61 Å². The number of rotatable bonds is 8. The highest BCUT2D eigenvalue weighted by atomic mass is 16.5. The summed E-state index contributed by atoms with van der Waals surface area (Å²) in [5.74, 6) is 0.0641. The van der Waals surface area contributed by atoms with Crippen LogP contribution in [0.5, 0.6) is 0 Å². The Kier molecular flexibility index (Phi) is 13.8. The lowest BCUT2D eigenvalue weighted by Crippen LogP contribution is -2.14. The number of carboxylic acid groups (broad SMARTS) is 1. The Hall–Kier alpha value is -1.06. The molecule has 0 amide bonds. The summed E-state index contributed by atoms with van der Waals surface area (Å²) in [6.07, 6.45) is 2.96. The van der Waals surface area contributed by atoms with E-state index in [4.69, 9.17) is 9.84 Å². The first-order valence-corrected chi connectivity index (χ1v) is 7.62. The van der Waals surface area contributed by atoms with Gasteiger partial charge in [-0.15, -0.1) is 0 Å². The molecule has 120 valence electrons. The molecular weight excluding hydrogens is 256 g/mol. The first-order chi connectivity index (χ1) is 9.24. The van der Waals surface area contributed by atoms with E-state index in [9.17, 15) is 9.59 Å². The van der Waals surface area contributed by atoms with Crippen LogP contribution >= 0.6 is 0 Å². The number of esters is 1. The van der Waals surface area contributed by atoms with Crippen LogP contribution in [0, 0.1) is 17.8 Å². The van der Waals surface area contributed by atoms with E-state index >= 15 is 0 Å². The van der Waals surface area contributed by atoms with Gasteiger partial charge in [-0.25, -0.2) is 0 Å². The van der Waals surface area contributed by atoms with Gasteiger partial charge in [0, 0.05) is 6.42 Å². The lowest BCUT2D eigenvalue weighted by molar-refractivity contribution is -0.145. The fraction of sp³-hybridized carbons (Fsp3) is 0.875. The summed E-state index contributed by atoms with van der Waals surface area (Å²) < 4.78 is 4.90.